The van der Waals surface area contributed by atoms with E-state index in [0.29, 0.717) is 0 Å². The molecule has 0 fully saturated rings. The van der Waals surface area contributed by atoms with Crippen LogP contribution < -0.4 is 15.2 Å². The summed E-state index contributed by atoms with van der Waals surface area (Å²) in [6.07, 6.45) is -4.02. The Morgan fingerprint density at radius 1 is 1.41 bits per heavy atom. The van der Waals surface area contributed by atoms with Gasteiger partial charge in [-0.25, -0.2) is 4.98 Å². The lowest BCUT2D eigenvalue weighted by atomic mass is 10.1. The minimum atomic E-state index is -4.86. The molecule has 0 amide bonds. The predicted molar refractivity (Wildman–Crippen MR) is 51.3 cm³/mol. The highest BCUT2D eigenvalue weighted by Gasteiger charge is 2.33. The SMILES string of the molecule is COc1ncc(OC(F)(F)F)c(CO)c1CN. The second-order valence-electron chi connectivity index (χ2n) is 3.00. The number of rotatable bonds is 4. The number of pyridine rings is 1. The Morgan fingerprint density at radius 2 is 2.06 bits per heavy atom. The van der Waals surface area contributed by atoms with Gasteiger partial charge in [0.1, 0.15) is 0 Å². The van der Waals surface area contributed by atoms with Crippen LogP contribution in [-0.2, 0) is 13.2 Å². The van der Waals surface area contributed by atoms with Gasteiger partial charge in [0.05, 0.1) is 19.9 Å². The molecule has 1 aromatic heterocycles. The number of aromatic nitrogens is 1. The summed E-state index contributed by atoms with van der Waals surface area (Å²) < 4.78 is 44.8. The molecule has 0 aliphatic heterocycles. The number of nitrogens with zero attached hydrogens (tertiary/aromatic N) is 1. The van der Waals surface area contributed by atoms with Crippen molar-refractivity contribution in [2.24, 2.45) is 5.73 Å². The Kier molecular flexibility index (Phi) is 4.13. The van der Waals surface area contributed by atoms with Crippen LogP contribution in [0.5, 0.6) is 11.6 Å². The second kappa shape index (κ2) is 5.19. The van der Waals surface area contributed by atoms with Gasteiger partial charge >= 0.3 is 6.36 Å². The Labute approximate surface area is 95.0 Å². The van der Waals surface area contributed by atoms with Crippen molar-refractivity contribution < 1.29 is 27.8 Å². The fourth-order valence-electron chi connectivity index (χ4n) is 1.32. The number of hydrogen-bond acceptors (Lipinski definition) is 5. The third-order valence-corrected chi connectivity index (χ3v) is 2.00. The van der Waals surface area contributed by atoms with Gasteiger partial charge in [0, 0.05) is 17.7 Å². The van der Waals surface area contributed by atoms with E-state index in [-0.39, 0.29) is 23.6 Å². The average molecular weight is 252 g/mol. The molecule has 1 rings (SSSR count). The number of aliphatic hydroxyl groups is 1. The zero-order valence-electron chi connectivity index (χ0n) is 8.91. The molecule has 0 aromatic carbocycles. The van der Waals surface area contributed by atoms with Gasteiger partial charge in [0.15, 0.2) is 5.75 Å². The lowest BCUT2D eigenvalue weighted by Crippen LogP contribution is -2.19. The Morgan fingerprint density at radius 3 is 2.47 bits per heavy atom. The molecular formula is C9H11F3N2O3. The molecule has 0 aliphatic carbocycles. The highest BCUT2D eigenvalue weighted by molar-refractivity contribution is 5.43. The van der Waals surface area contributed by atoms with E-state index >= 15 is 0 Å². The molecule has 5 nitrogen and oxygen atoms in total. The van der Waals surface area contributed by atoms with Gasteiger partial charge in [-0.1, -0.05) is 0 Å². The average Bonchev–Trinajstić information content (AvgIpc) is 2.26. The smallest absolute Gasteiger partial charge is 0.481 e. The summed E-state index contributed by atoms with van der Waals surface area (Å²) in [5.41, 5.74) is 5.46. The third-order valence-electron chi connectivity index (χ3n) is 2.00. The normalized spacial score (nSPS) is 11.4. The lowest BCUT2D eigenvalue weighted by molar-refractivity contribution is -0.275. The molecule has 3 N–H and O–H groups in total. The van der Waals surface area contributed by atoms with Crippen LogP contribution in [0.4, 0.5) is 13.2 Å². The van der Waals surface area contributed by atoms with E-state index in [1.54, 1.807) is 0 Å². The highest BCUT2D eigenvalue weighted by atomic mass is 19.4. The van der Waals surface area contributed by atoms with Gasteiger partial charge < -0.3 is 20.3 Å². The molecule has 96 valence electrons. The molecule has 0 saturated carbocycles. The number of methoxy groups -OCH3 is 1. The van der Waals surface area contributed by atoms with Crippen LogP contribution in [0.3, 0.4) is 0 Å². The summed E-state index contributed by atoms with van der Waals surface area (Å²) in [7, 11) is 1.30. The zero-order chi connectivity index (χ0) is 13.1. The molecule has 0 bridgehead atoms. The fourth-order valence-corrected chi connectivity index (χ4v) is 1.32. The van der Waals surface area contributed by atoms with E-state index in [9.17, 15) is 13.2 Å². The summed E-state index contributed by atoms with van der Waals surface area (Å²) in [5, 5.41) is 9.06. The van der Waals surface area contributed by atoms with Crippen LogP contribution in [0.15, 0.2) is 6.20 Å². The van der Waals surface area contributed by atoms with Crippen LogP contribution in [0, 0.1) is 0 Å². The van der Waals surface area contributed by atoms with E-state index in [1.807, 2.05) is 0 Å². The van der Waals surface area contributed by atoms with Crippen molar-refractivity contribution in [1.82, 2.24) is 4.98 Å². The summed E-state index contributed by atoms with van der Waals surface area (Å²) in [6.45, 7) is -0.780. The predicted octanol–water partition coefficient (Wildman–Crippen LogP) is 0.940. The number of nitrogens with two attached hydrogens (primary N) is 1. The van der Waals surface area contributed by atoms with Crippen LogP contribution in [-0.4, -0.2) is 23.6 Å². The molecule has 8 heteroatoms. The number of halogens is 3. The Balaban J connectivity index is 3.23. The van der Waals surface area contributed by atoms with Crippen molar-refractivity contribution >= 4 is 0 Å². The lowest BCUT2D eigenvalue weighted by Gasteiger charge is -2.16. The molecule has 17 heavy (non-hydrogen) atoms. The van der Waals surface area contributed by atoms with Crippen LogP contribution in [0.1, 0.15) is 11.1 Å². The van der Waals surface area contributed by atoms with Crippen LogP contribution in [0.25, 0.3) is 0 Å². The molecule has 1 heterocycles. The first-order valence-electron chi connectivity index (χ1n) is 4.54. The number of aliphatic hydroxyl groups excluding tert-OH is 1. The molecule has 0 radical (unpaired) electrons. The summed E-state index contributed by atoms with van der Waals surface area (Å²) in [4.78, 5) is 3.62. The maximum atomic E-state index is 12.1. The van der Waals surface area contributed by atoms with Gasteiger partial charge in [-0.3, -0.25) is 0 Å². The summed E-state index contributed by atoms with van der Waals surface area (Å²) >= 11 is 0. The Hall–Kier alpha value is -1.54. The highest BCUT2D eigenvalue weighted by Crippen LogP contribution is 2.31. The topological polar surface area (TPSA) is 77.6 Å². The van der Waals surface area contributed by atoms with E-state index in [2.05, 4.69) is 9.72 Å². The maximum Gasteiger partial charge on any atom is 0.573 e. The summed E-state index contributed by atoms with van der Waals surface area (Å²) in [5.74, 6) is -0.521. The van der Waals surface area contributed by atoms with Crippen molar-refractivity contribution in [2.75, 3.05) is 7.11 Å². The number of ether oxygens (including phenoxy) is 2. The molecule has 0 saturated heterocycles. The quantitative estimate of drug-likeness (QED) is 0.833. The largest absolute Gasteiger partial charge is 0.573 e. The van der Waals surface area contributed by atoms with E-state index < -0.39 is 18.7 Å². The first-order chi connectivity index (χ1) is 7.92. The first kappa shape index (κ1) is 13.5. The number of alkyl halides is 3. The minimum Gasteiger partial charge on any atom is -0.481 e. The van der Waals surface area contributed by atoms with Crippen LogP contribution >= 0.6 is 0 Å². The van der Waals surface area contributed by atoms with Crippen molar-refractivity contribution in [3.8, 4) is 11.6 Å². The van der Waals surface area contributed by atoms with Gasteiger partial charge in [-0.15, -0.1) is 13.2 Å². The van der Waals surface area contributed by atoms with Crippen molar-refractivity contribution in [2.45, 2.75) is 19.5 Å². The van der Waals surface area contributed by atoms with Crippen molar-refractivity contribution in [3.63, 3.8) is 0 Å². The van der Waals surface area contributed by atoms with Crippen LogP contribution in [0.2, 0.25) is 0 Å². The van der Waals surface area contributed by atoms with Gasteiger partial charge in [0.25, 0.3) is 0 Å². The fraction of sp³-hybridized carbons (Fsp3) is 0.444. The van der Waals surface area contributed by atoms with E-state index in [4.69, 9.17) is 15.6 Å². The van der Waals surface area contributed by atoms with Crippen molar-refractivity contribution in [3.05, 3.63) is 17.3 Å². The Bertz CT molecular complexity index is 396. The van der Waals surface area contributed by atoms with Crippen molar-refractivity contribution in [1.29, 1.82) is 0 Å². The maximum absolute atomic E-state index is 12.1. The monoisotopic (exact) mass is 252 g/mol. The number of hydrogen-bond donors (Lipinski definition) is 2. The molecule has 1 aromatic rings. The first-order valence-corrected chi connectivity index (χ1v) is 4.54. The standard InChI is InChI=1S/C9H11F3N2O3/c1-16-8-5(2-13)6(4-15)7(3-14-8)17-9(10,11)12/h3,15H,2,4,13H2,1H3. The summed E-state index contributed by atoms with van der Waals surface area (Å²) in [6, 6.07) is 0. The molecule has 0 spiro atoms. The van der Waals surface area contributed by atoms with Gasteiger partial charge in [-0.05, 0) is 0 Å². The van der Waals surface area contributed by atoms with Gasteiger partial charge in [-0.2, -0.15) is 0 Å². The van der Waals surface area contributed by atoms with Gasteiger partial charge in [0.2, 0.25) is 5.88 Å². The molecule has 0 aliphatic rings. The van der Waals surface area contributed by atoms with E-state index in [1.165, 1.54) is 7.11 Å². The molecular weight excluding hydrogens is 241 g/mol. The molecule has 0 atom stereocenters. The zero-order valence-corrected chi connectivity index (χ0v) is 8.91. The second-order valence-corrected chi connectivity index (χ2v) is 3.00. The third kappa shape index (κ3) is 3.21. The van der Waals surface area contributed by atoms with E-state index in [0.717, 1.165) is 6.20 Å². The molecule has 0 unspecified atom stereocenters. The minimum absolute atomic E-state index is 0.0612.